The predicted molar refractivity (Wildman–Crippen MR) is 53.8 cm³/mol. The summed E-state index contributed by atoms with van der Waals surface area (Å²) in [6.07, 6.45) is 3.84. The van der Waals surface area contributed by atoms with Gasteiger partial charge in [0.05, 0.1) is 12.0 Å². The first-order chi connectivity index (χ1) is 5.75. The average Bonchev–Trinajstić information content (AvgIpc) is 1.97. The molecule has 0 aromatic carbocycles. The lowest BCUT2D eigenvalue weighted by atomic mass is 9.66. The fourth-order valence-electron chi connectivity index (χ4n) is 1.72. The second kappa shape index (κ2) is 5.45. The molecule has 0 amide bonds. The zero-order chi connectivity index (χ0) is 9.03. The highest BCUT2D eigenvalue weighted by molar-refractivity contribution is 5.85. The number of halogens is 1. The number of carbonyl (C=O) groups excluding carboxylic acids is 1. The van der Waals surface area contributed by atoms with Crippen molar-refractivity contribution in [2.45, 2.75) is 32.6 Å². The third-order valence-corrected chi connectivity index (χ3v) is 2.64. The molecule has 4 heteroatoms. The van der Waals surface area contributed by atoms with Gasteiger partial charge in [0, 0.05) is 0 Å². The van der Waals surface area contributed by atoms with Crippen molar-refractivity contribution < 1.29 is 9.53 Å². The summed E-state index contributed by atoms with van der Waals surface area (Å²) in [6, 6.07) is 0. The van der Waals surface area contributed by atoms with E-state index in [9.17, 15) is 4.79 Å². The minimum Gasteiger partial charge on any atom is -0.466 e. The molecule has 0 bridgehead atoms. The molecule has 1 rings (SSSR count). The van der Waals surface area contributed by atoms with E-state index >= 15 is 0 Å². The van der Waals surface area contributed by atoms with Crippen LogP contribution in [0.1, 0.15) is 32.6 Å². The number of hydrogen-bond donors (Lipinski definition) is 1. The van der Waals surface area contributed by atoms with Crippen LogP contribution in [0.2, 0.25) is 0 Å². The third kappa shape index (κ3) is 2.58. The first kappa shape index (κ1) is 12.7. The summed E-state index contributed by atoms with van der Waals surface area (Å²) in [5, 5.41) is 0. The van der Waals surface area contributed by atoms with Gasteiger partial charge in [-0.3, -0.25) is 4.79 Å². The van der Waals surface area contributed by atoms with Crippen LogP contribution in [0.4, 0.5) is 0 Å². The van der Waals surface area contributed by atoms with Crippen molar-refractivity contribution >= 4 is 18.4 Å². The molecular weight excluding hydrogens is 190 g/mol. The molecule has 1 saturated carbocycles. The maximum atomic E-state index is 11.5. The monoisotopic (exact) mass is 207 g/mol. The lowest BCUT2D eigenvalue weighted by Crippen LogP contribution is -2.41. The standard InChI is InChI=1S/C9H17NO2.ClH/c1-2-12-8(11)9(6-7-10)4-3-5-9;/h2-7,10H2,1H3;1H. The first-order valence-electron chi connectivity index (χ1n) is 4.62. The minimum absolute atomic E-state index is 0. The molecule has 0 radical (unpaired) electrons. The van der Waals surface area contributed by atoms with Crippen molar-refractivity contribution in [3.8, 4) is 0 Å². The van der Waals surface area contributed by atoms with Crippen molar-refractivity contribution in [2.24, 2.45) is 11.1 Å². The topological polar surface area (TPSA) is 52.3 Å². The van der Waals surface area contributed by atoms with Gasteiger partial charge in [0.25, 0.3) is 0 Å². The highest BCUT2D eigenvalue weighted by Crippen LogP contribution is 2.44. The lowest BCUT2D eigenvalue weighted by Gasteiger charge is -2.38. The molecule has 0 spiro atoms. The van der Waals surface area contributed by atoms with Crippen LogP contribution in [0.5, 0.6) is 0 Å². The van der Waals surface area contributed by atoms with Gasteiger partial charge in [0.1, 0.15) is 0 Å². The summed E-state index contributed by atoms with van der Waals surface area (Å²) in [4.78, 5) is 11.5. The second-order valence-corrected chi connectivity index (χ2v) is 3.39. The van der Waals surface area contributed by atoms with Crippen molar-refractivity contribution in [3.05, 3.63) is 0 Å². The Morgan fingerprint density at radius 3 is 2.46 bits per heavy atom. The van der Waals surface area contributed by atoms with Crippen LogP contribution in [0.15, 0.2) is 0 Å². The zero-order valence-electron chi connectivity index (χ0n) is 8.04. The maximum absolute atomic E-state index is 11.5. The second-order valence-electron chi connectivity index (χ2n) is 3.39. The Labute approximate surface area is 85.4 Å². The van der Waals surface area contributed by atoms with E-state index in [1.54, 1.807) is 0 Å². The molecule has 0 aromatic heterocycles. The first-order valence-corrected chi connectivity index (χ1v) is 4.62. The van der Waals surface area contributed by atoms with Crippen LogP contribution >= 0.6 is 12.4 Å². The fraction of sp³-hybridized carbons (Fsp3) is 0.889. The molecule has 0 saturated heterocycles. The van der Waals surface area contributed by atoms with Crippen LogP contribution in [0.25, 0.3) is 0 Å². The zero-order valence-corrected chi connectivity index (χ0v) is 8.86. The van der Waals surface area contributed by atoms with E-state index in [1.807, 2.05) is 6.92 Å². The Morgan fingerprint density at radius 1 is 1.54 bits per heavy atom. The van der Waals surface area contributed by atoms with Gasteiger partial charge in [-0.1, -0.05) is 6.42 Å². The molecule has 1 fully saturated rings. The Bertz CT molecular complexity index is 169. The molecule has 13 heavy (non-hydrogen) atoms. The Kier molecular flexibility index (Phi) is 5.33. The van der Waals surface area contributed by atoms with E-state index in [0.29, 0.717) is 13.2 Å². The smallest absolute Gasteiger partial charge is 0.312 e. The summed E-state index contributed by atoms with van der Waals surface area (Å²) in [6.45, 7) is 2.90. The van der Waals surface area contributed by atoms with E-state index in [-0.39, 0.29) is 23.8 Å². The van der Waals surface area contributed by atoms with Crippen molar-refractivity contribution in [1.82, 2.24) is 0 Å². The molecular formula is C9H18ClNO2. The van der Waals surface area contributed by atoms with E-state index in [0.717, 1.165) is 25.7 Å². The van der Waals surface area contributed by atoms with Gasteiger partial charge in [-0.25, -0.2) is 0 Å². The molecule has 78 valence electrons. The van der Waals surface area contributed by atoms with Crippen LogP contribution in [-0.4, -0.2) is 19.1 Å². The van der Waals surface area contributed by atoms with Crippen molar-refractivity contribution in [3.63, 3.8) is 0 Å². The lowest BCUT2D eigenvalue weighted by molar-refractivity contribution is -0.161. The van der Waals surface area contributed by atoms with Crippen molar-refractivity contribution in [1.29, 1.82) is 0 Å². The van der Waals surface area contributed by atoms with Gasteiger partial charge >= 0.3 is 5.97 Å². The normalized spacial score (nSPS) is 18.3. The predicted octanol–water partition coefficient (Wildman–Crippen LogP) is 1.49. The number of ether oxygens (including phenoxy) is 1. The molecule has 3 nitrogen and oxygen atoms in total. The number of esters is 1. The van der Waals surface area contributed by atoms with Gasteiger partial charge in [-0.2, -0.15) is 0 Å². The summed E-state index contributed by atoms with van der Waals surface area (Å²) in [5.74, 6) is -0.0401. The van der Waals surface area contributed by atoms with E-state index in [2.05, 4.69) is 0 Å². The average molecular weight is 208 g/mol. The molecule has 1 aliphatic carbocycles. The Balaban J connectivity index is 0.00000144. The minimum atomic E-state index is -0.204. The summed E-state index contributed by atoms with van der Waals surface area (Å²) >= 11 is 0. The van der Waals surface area contributed by atoms with Gasteiger partial charge < -0.3 is 10.5 Å². The highest BCUT2D eigenvalue weighted by atomic mass is 35.5. The van der Waals surface area contributed by atoms with Gasteiger partial charge in [0.15, 0.2) is 0 Å². The number of hydrogen-bond acceptors (Lipinski definition) is 3. The summed E-state index contributed by atoms with van der Waals surface area (Å²) in [7, 11) is 0. The number of nitrogens with two attached hydrogens (primary N) is 1. The van der Waals surface area contributed by atoms with Crippen LogP contribution in [0, 0.1) is 5.41 Å². The van der Waals surface area contributed by atoms with Crippen LogP contribution < -0.4 is 5.73 Å². The van der Waals surface area contributed by atoms with E-state index in [4.69, 9.17) is 10.5 Å². The number of carbonyl (C=O) groups is 1. The summed E-state index contributed by atoms with van der Waals surface area (Å²) in [5.41, 5.74) is 5.25. The van der Waals surface area contributed by atoms with Gasteiger partial charge in [-0.05, 0) is 32.7 Å². The molecule has 0 unspecified atom stereocenters. The molecule has 0 aromatic rings. The SMILES string of the molecule is CCOC(=O)C1(CCN)CCC1.Cl. The van der Waals surface area contributed by atoms with Gasteiger partial charge in [-0.15, -0.1) is 12.4 Å². The quantitative estimate of drug-likeness (QED) is 0.711. The van der Waals surface area contributed by atoms with Crippen molar-refractivity contribution in [2.75, 3.05) is 13.2 Å². The largest absolute Gasteiger partial charge is 0.466 e. The van der Waals surface area contributed by atoms with Crippen LogP contribution in [0.3, 0.4) is 0 Å². The number of rotatable bonds is 4. The molecule has 2 N–H and O–H groups in total. The Hall–Kier alpha value is -0.280. The molecule has 1 aliphatic rings. The molecule has 0 atom stereocenters. The molecule has 0 heterocycles. The fourth-order valence-corrected chi connectivity index (χ4v) is 1.72. The Morgan fingerprint density at radius 2 is 2.15 bits per heavy atom. The van der Waals surface area contributed by atoms with Crippen LogP contribution in [-0.2, 0) is 9.53 Å². The summed E-state index contributed by atoms with van der Waals surface area (Å²) < 4.78 is 5.01. The maximum Gasteiger partial charge on any atom is 0.312 e. The van der Waals surface area contributed by atoms with Gasteiger partial charge in [0.2, 0.25) is 0 Å². The molecule has 0 aliphatic heterocycles. The van der Waals surface area contributed by atoms with E-state index in [1.165, 1.54) is 0 Å². The highest BCUT2D eigenvalue weighted by Gasteiger charge is 2.44. The third-order valence-electron chi connectivity index (χ3n) is 2.64. The van der Waals surface area contributed by atoms with E-state index < -0.39 is 0 Å².